The first-order valence-electron chi connectivity index (χ1n) is 10.2. The Balaban J connectivity index is 1.47. The molecule has 3 aromatic rings. The standard InChI is InChI=1S/C22H24N4O2S/c27-22(25-9-11-28-12-10-25)16-4-3-8-26(14-16)21-18-5-1-2-6-19(18)23-20(24-21)17-7-13-29-15-17/h1-2,5-7,13,15-16H,3-4,8-12,14H2/t16-/m1/s1. The van der Waals surface area contributed by atoms with E-state index in [2.05, 4.69) is 22.4 Å². The number of rotatable bonds is 3. The molecule has 29 heavy (non-hydrogen) atoms. The van der Waals surface area contributed by atoms with Crippen LogP contribution < -0.4 is 4.90 Å². The van der Waals surface area contributed by atoms with E-state index in [1.807, 2.05) is 28.5 Å². The molecule has 0 saturated carbocycles. The highest BCUT2D eigenvalue weighted by atomic mass is 32.1. The lowest BCUT2D eigenvalue weighted by Gasteiger charge is -2.37. The number of benzene rings is 1. The van der Waals surface area contributed by atoms with Crippen LogP contribution in [0.5, 0.6) is 0 Å². The normalized spacial score (nSPS) is 20.2. The average Bonchev–Trinajstić information content (AvgIpc) is 3.33. The summed E-state index contributed by atoms with van der Waals surface area (Å²) >= 11 is 1.65. The first-order chi connectivity index (χ1) is 14.3. The average molecular weight is 409 g/mol. The molecule has 2 saturated heterocycles. The van der Waals surface area contributed by atoms with E-state index >= 15 is 0 Å². The molecular formula is C22H24N4O2S. The van der Waals surface area contributed by atoms with Crippen LogP contribution in [0.3, 0.4) is 0 Å². The van der Waals surface area contributed by atoms with Crippen LogP contribution in [0, 0.1) is 5.92 Å². The van der Waals surface area contributed by atoms with Crippen LogP contribution >= 0.6 is 11.3 Å². The largest absolute Gasteiger partial charge is 0.378 e. The van der Waals surface area contributed by atoms with Crippen molar-refractivity contribution >= 4 is 34.0 Å². The monoisotopic (exact) mass is 408 g/mol. The van der Waals surface area contributed by atoms with Crippen LogP contribution in [0.2, 0.25) is 0 Å². The molecule has 0 unspecified atom stereocenters. The Morgan fingerprint density at radius 1 is 1.10 bits per heavy atom. The molecule has 0 spiro atoms. The molecule has 4 heterocycles. The lowest BCUT2D eigenvalue weighted by atomic mass is 9.96. The molecule has 6 nitrogen and oxygen atoms in total. The number of nitrogens with zero attached hydrogens (tertiary/aromatic N) is 4. The van der Waals surface area contributed by atoms with Gasteiger partial charge in [0.25, 0.3) is 0 Å². The van der Waals surface area contributed by atoms with Gasteiger partial charge < -0.3 is 14.5 Å². The number of hydrogen-bond acceptors (Lipinski definition) is 6. The minimum absolute atomic E-state index is 0.0141. The van der Waals surface area contributed by atoms with Gasteiger partial charge in [0.2, 0.25) is 5.91 Å². The highest BCUT2D eigenvalue weighted by Crippen LogP contribution is 2.31. The zero-order valence-corrected chi connectivity index (χ0v) is 17.1. The molecule has 0 radical (unpaired) electrons. The maximum absolute atomic E-state index is 13.1. The molecule has 150 valence electrons. The van der Waals surface area contributed by atoms with Gasteiger partial charge in [0, 0.05) is 42.5 Å². The van der Waals surface area contributed by atoms with E-state index in [0.29, 0.717) is 32.8 Å². The Hall–Kier alpha value is -2.51. The van der Waals surface area contributed by atoms with Gasteiger partial charge in [0.15, 0.2) is 5.82 Å². The fourth-order valence-corrected chi connectivity index (χ4v) is 4.87. The van der Waals surface area contributed by atoms with Gasteiger partial charge >= 0.3 is 0 Å². The predicted octanol–water partition coefficient (Wildman–Crippen LogP) is 3.43. The number of amides is 1. The van der Waals surface area contributed by atoms with Crippen LogP contribution in [0.1, 0.15) is 12.8 Å². The first-order valence-corrected chi connectivity index (χ1v) is 11.1. The maximum Gasteiger partial charge on any atom is 0.227 e. The third-order valence-corrected chi connectivity index (χ3v) is 6.44. The highest BCUT2D eigenvalue weighted by Gasteiger charge is 2.31. The number of piperidine rings is 1. The number of morpholine rings is 1. The summed E-state index contributed by atoms with van der Waals surface area (Å²) in [6.07, 6.45) is 1.93. The molecule has 2 aromatic heterocycles. The van der Waals surface area contributed by atoms with Gasteiger partial charge in [-0.05, 0) is 36.4 Å². The van der Waals surface area contributed by atoms with Crippen molar-refractivity contribution in [3.05, 3.63) is 41.1 Å². The Labute approximate surface area is 174 Å². The van der Waals surface area contributed by atoms with E-state index in [9.17, 15) is 4.79 Å². The number of hydrogen-bond donors (Lipinski definition) is 0. The van der Waals surface area contributed by atoms with Crippen molar-refractivity contribution < 1.29 is 9.53 Å². The van der Waals surface area contributed by atoms with Crippen LogP contribution in [-0.4, -0.2) is 60.2 Å². The number of carbonyl (C=O) groups is 1. The zero-order chi connectivity index (χ0) is 19.6. The van der Waals surface area contributed by atoms with E-state index in [1.165, 1.54) is 0 Å². The Kier molecular flexibility index (Phi) is 5.16. The van der Waals surface area contributed by atoms with E-state index in [1.54, 1.807) is 11.3 Å². The zero-order valence-electron chi connectivity index (χ0n) is 16.3. The fourth-order valence-electron chi connectivity index (χ4n) is 4.23. The molecule has 1 amide bonds. The van der Waals surface area contributed by atoms with Crippen LogP contribution in [0.15, 0.2) is 41.1 Å². The van der Waals surface area contributed by atoms with Crippen molar-refractivity contribution in [2.45, 2.75) is 12.8 Å². The van der Waals surface area contributed by atoms with Crippen LogP contribution in [-0.2, 0) is 9.53 Å². The van der Waals surface area contributed by atoms with E-state index < -0.39 is 0 Å². The van der Waals surface area contributed by atoms with Gasteiger partial charge in [-0.3, -0.25) is 4.79 Å². The molecule has 5 rings (SSSR count). The topological polar surface area (TPSA) is 58.6 Å². The van der Waals surface area contributed by atoms with Crippen LogP contribution in [0.4, 0.5) is 5.82 Å². The molecule has 2 fully saturated rings. The van der Waals surface area contributed by atoms with Crippen molar-refractivity contribution in [1.29, 1.82) is 0 Å². The SMILES string of the molecule is O=C([C@@H]1CCCN(c2nc(-c3ccsc3)nc3ccccc23)C1)N1CCOCC1. The molecule has 2 aliphatic rings. The first kappa shape index (κ1) is 18.5. The van der Waals surface area contributed by atoms with Crippen molar-refractivity contribution in [1.82, 2.24) is 14.9 Å². The third kappa shape index (κ3) is 3.72. The molecule has 1 atom stereocenters. The summed E-state index contributed by atoms with van der Waals surface area (Å²) < 4.78 is 5.40. The molecule has 7 heteroatoms. The summed E-state index contributed by atoms with van der Waals surface area (Å²) in [7, 11) is 0. The highest BCUT2D eigenvalue weighted by molar-refractivity contribution is 7.08. The summed E-state index contributed by atoms with van der Waals surface area (Å²) in [5.74, 6) is 1.97. The van der Waals surface area contributed by atoms with Crippen molar-refractivity contribution in [2.75, 3.05) is 44.3 Å². The fraction of sp³-hybridized carbons (Fsp3) is 0.409. The summed E-state index contributed by atoms with van der Waals surface area (Å²) in [6.45, 7) is 4.31. The maximum atomic E-state index is 13.1. The lowest BCUT2D eigenvalue weighted by molar-refractivity contribution is -0.139. The van der Waals surface area contributed by atoms with E-state index in [4.69, 9.17) is 14.7 Å². The second kappa shape index (κ2) is 8.08. The number of thiophene rings is 1. The van der Waals surface area contributed by atoms with E-state index in [0.717, 1.165) is 47.5 Å². The summed E-state index contributed by atoms with van der Waals surface area (Å²) in [5, 5.41) is 5.17. The van der Waals surface area contributed by atoms with Gasteiger partial charge in [0.05, 0.1) is 24.6 Å². The summed E-state index contributed by atoms with van der Waals surface area (Å²) in [5.41, 5.74) is 1.99. The predicted molar refractivity (Wildman–Crippen MR) is 115 cm³/mol. The Morgan fingerprint density at radius 3 is 2.79 bits per heavy atom. The van der Waals surface area contributed by atoms with Crippen molar-refractivity contribution in [3.8, 4) is 11.4 Å². The number of fused-ring (bicyclic) bond motifs is 1. The number of anilines is 1. The Morgan fingerprint density at radius 2 is 1.97 bits per heavy atom. The van der Waals surface area contributed by atoms with Crippen molar-refractivity contribution in [3.63, 3.8) is 0 Å². The second-order valence-corrected chi connectivity index (χ2v) is 8.40. The molecule has 1 aromatic carbocycles. The quantitative estimate of drug-likeness (QED) is 0.665. The van der Waals surface area contributed by atoms with Gasteiger partial charge in [-0.1, -0.05) is 12.1 Å². The smallest absolute Gasteiger partial charge is 0.227 e. The van der Waals surface area contributed by atoms with Gasteiger partial charge in [-0.2, -0.15) is 11.3 Å². The van der Waals surface area contributed by atoms with Gasteiger partial charge in [-0.15, -0.1) is 0 Å². The Bertz CT molecular complexity index is 1000. The number of aromatic nitrogens is 2. The molecular weight excluding hydrogens is 384 g/mol. The number of ether oxygens (including phenoxy) is 1. The van der Waals surface area contributed by atoms with Crippen LogP contribution in [0.25, 0.3) is 22.3 Å². The molecule has 0 bridgehead atoms. The lowest BCUT2D eigenvalue weighted by Crippen LogP contribution is -2.48. The molecule has 0 N–H and O–H groups in total. The minimum Gasteiger partial charge on any atom is -0.378 e. The van der Waals surface area contributed by atoms with Gasteiger partial charge in [0.1, 0.15) is 5.82 Å². The van der Waals surface area contributed by atoms with Gasteiger partial charge in [-0.25, -0.2) is 9.97 Å². The summed E-state index contributed by atoms with van der Waals surface area (Å²) in [4.78, 5) is 27.0. The minimum atomic E-state index is 0.0141. The molecule has 0 aliphatic carbocycles. The number of para-hydroxylation sites is 1. The second-order valence-electron chi connectivity index (χ2n) is 7.62. The molecule has 2 aliphatic heterocycles. The third-order valence-electron chi connectivity index (χ3n) is 5.76. The van der Waals surface area contributed by atoms with E-state index in [-0.39, 0.29) is 11.8 Å². The van der Waals surface area contributed by atoms with Crippen molar-refractivity contribution in [2.24, 2.45) is 5.92 Å². The number of carbonyl (C=O) groups excluding carboxylic acids is 1. The summed E-state index contributed by atoms with van der Waals surface area (Å²) in [6, 6.07) is 10.2.